The van der Waals surface area contributed by atoms with Crippen molar-refractivity contribution >= 4 is 53.2 Å². The van der Waals surface area contributed by atoms with Crippen molar-refractivity contribution in [2.45, 2.75) is 66.2 Å². The minimum absolute atomic E-state index is 0. The molecule has 0 aromatic heterocycles. The molecule has 6 aromatic carbocycles. The van der Waals surface area contributed by atoms with E-state index in [0.717, 1.165) is 0 Å². The predicted octanol–water partition coefficient (Wildman–Crippen LogP) is 13.5. The Kier molecular flexibility index (Phi) is 19.2. The summed E-state index contributed by atoms with van der Waals surface area (Å²) in [6.07, 6.45) is 0. The molecule has 0 atom stereocenters. The van der Waals surface area contributed by atoms with E-state index in [9.17, 15) is 0 Å². The molecule has 0 spiro atoms. The number of hydrogen-bond acceptors (Lipinski definition) is 0. The molecule has 0 aliphatic rings. The van der Waals surface area contributed by atoms with E-state index >= 15 is 0 Å². The Labute approximate surface area is 309 Å². The van der Waals surface area contributed by atoms with Crippen LogP contribution in [-0.4, -0.2) is 6.88 Å². The van der Waals surface area contributed by atoms with Gasteiger partial charge in [-0.1, -0.05) is 120 Å². The molecule has 0 amide bonds. The molecule has 0 N–H and O–H groups in total. The summed E-state index contributed by atoms with van der Waals surface area (Å²) in [6, 6.07) is 40.4. The third-order valence-corrected chi connectivity index (χ3v) is 8.11. The molecule has 0 bridgehead atoms. The topological polar surface area (TPSA) is 0 Å². The van der Waals surface area contributed by atoms with Crippen LogP contribution < -0.4 is 0 Å². The average molecular weight is 745 g/mol. The van der Waals surface area contributed by atoms with E-state index in [4.69, 9.17) is 0 Å². The van der Waals surface area contributed by atoms with Gasteiger partial charge in [0.05, 0.1) is 0 Å². The van der Waals surface area contributed by atoms with Gasteiger partial charge in [0.2, 0.25) is 0 Å². The molecule has 4 heteroatoms. The van der Waals surface area contributed by atoms with E-state index in [1.165, 1.54) is 89.4 Å². The molecule has 6 rings (SSSR count). The van der Waals surface area contributed by atoms with Crippen molar-refractivity contribution < 1.29 is 23.3 Å². The molecule has 0 fully saturated rings. The van der Waals surface area contributed by atoms with Gasteiger partial charge in [0.25, 0.3) is 0 Å². The second-order valence-electron chi connectivity index (χ2n) is 12.1. The van der Waals surface area contributed by atoms with Crippen LogP contribution in [0.1, 0.15) is 81.5 Å². The van der Waals surface area contributed by atoms with Crippen LogP contribution in [0.15, 0.2) is 109 Å². The summed E-state index contributed by atoms with van der Waals surface area (Å²) in [5, 5.41) is 5.42. The van der Waals surface area contributed by atoms with Crippen LogP contribution in [0.4, 0.5) is 0 Å². The molecule has 0 saturated carbocycles. The fourth-order valence-corrected chi connectivity index (χ4v) is 5.57. The third-order valence-electron chi connectivity index (χ3n) is 8.11. The van der Waals surface area contributed by atoms with Crippen LogP contribution in [-0.2, 0) is 23.3 Å². The van der Waals surface area contributed by atoms with Crippen LogP contribution in [0.3, 0.4) is 0 Å². The Morgan fingerprint density at radius 2 is 0.913 bits per heavy atom. The SMILES string of the molecule is CC(C)c1ccc(-c2cccc3[cH-]c(C(C)C)cc23)cc1.Cc1cc2c(-c3ccc(C(C)C)cc3)cccc2[cH-]1.Cl.Cl.[CH3-].[CH3-].[Si]=[Zr]. The zero-order valence-electron chi connectivity index (χ0n) is 28.9. The number of fused-ring (bicyclic) bond motifs is 2. The van der Waals surface area contributed by atoms with Gasteiger partial charge in [-0.05, 0) is 40.0 Å². The van der Waals surface area contributed by atoms with Gasteiger partial charge in [0.15, 0.2) is 0 Å². The van der Waals surface area contributed by atoms with Crippen LogP contribution >= 0.6 is 24.8 Å². The van der Waals surface area contributed by atoms with Crippen molar-refractivity contribution in [3.8, 4) is 22.3 Å². The summed E-state index contributed by atoms with van der Waals surface area (Å²) in [6.45, 7) is 18.7. The van der Waals surface area contributed by atoms with Gasteiger partial charge >= 0.3 is 30.2 Å². The van der Waals surface area contributed by atoms with Gasteiger partial charge in [-0.15, -0.1) is 93.9 Å². The number of rotatable bonds is 5. The first-order valence-electron chi connectivity index (χ1n) is 15.0. The van der Waals surface area contributed by atoms with Crippen molar-refractivity contribution in [1.29, 1.82) is 0 Å². The molecular formula is C42H50Cl2SiZr-4. The fraction of sp³-hybridized carbons (Fsp3) is 0.238. The maximum atomic E-state index is 3.06. The number of aryl methyl sites for hydroxylation is 1. The molecule has 6 aromatic rings. The number of benzene rings is 4. The van der Waals surface area contributed by atoms with E-state index in [0.29, 0.717) is 17.8 Å². The summed E-state index contributed by atoms with van der Waals surface area (Å²) >= 11 is 1.36. The van der Waals surface area contributed by atoms with Gasteiger partial charge in [-0.2, -0.15) is 12.1 Å². The molecule has 46 heavy (non-hydrogen) atoms. The molecule has 0 aliphatic carbocycles. The molecule has 0 heterocycles. The van der Waals surface area contributed by atoms with Crippen molar-refractivity contribution in [2.75, 3.05) is 0 Å². The average Bonchev–Trinajstić information content (AvgIpc) is 3.62. The first-order valence-corrected chi connectivity index (χ1v) is 19.2. The quantitative estimate of drug-likeness (QED) is 0.122. The molecular weight excluding hydrogens is 695 g/mol. The molecule has 0 saturated heterocycles. The van der Waals surface area contributed by atoms with E-state index in [2.05, 4.69) is 165 Å². The second kappa shape index (κ2) is 20.2. The number of halogens is 2. The second-order valence-corrected chi connectivity index (χ2v) is 12.1. The van der Waals surface area contributed by atoms with Crippen LogP contribution in [0.5, 0.6) is 0 Å². The summed E-state index contributed by atoms with van der Waals surface area (Å²) in [7, 11) is 0. The third kappa shape index (κ3) is 10.4. The summed E-state index contributed by atoms with van der Waals surface area (Å²) in [5.74, 6) is 1.75. The Hall–Kier alpha value is -2.22. The van der Waals surface area contributed by atoms with Crippen molar-refractivity contribution in [3.63, 3.8) is 0 Å². The molecule has 0 unspecified atom stereocenters. The molecule has 0 nitrogen and oxygen atoms in total. The Balaban J connectivity index is 0.000000774. The molecule has 2 radical (unpaired) electrons. The first-order chi connectivity index (χ1) is 20.2. The van der Waals surface area contributed by atoms with E-state index in [-0.39, 0.29) is 39.7 Å². The van der Waals surface area contributed by atoms with Gasteiger partial charge in [-0.3, -0.25) is 0 Å². The minimum atomic E-state index is 0. The van der Waals surface area contributed by atoms with Crippen LogP contribution in [0.2, 0.25) is 0 Å². The predicted molar refractivity (Wildman–Crippen MR) is 210 cm³/mol. The van der Waals surface area contributed by atoms with Crippen molar-refractivity contribution in [1.82, 2.24) is 0 Å². The normalized spacial score (nSPS) is 10.1. The Morgan fingerprint density at radius 3 is 1.30 bits per heavy atom. The molecule has 244 valence electrons. The Morgan fingerprint density at radius 1 is 0.522 bits per heavy atom. The van der Waals surface area contributed by atoms with Crippen molar-refractivity contribution in [2.24, 2.45) is 0 Å². The zero-order valence-corrected chi connectivity index (χ0v) is 34.0. The van der Waals surface area contributed by atoms with E-state index in [1.54, 1.807) is 0 Å². The number of hydrogen-bond donors (Lipinski definition) is 0. The zero-order chi connectivity index (χ0) is 30.4. The van der Waals surface area contributed by atoms with Crippen LogP contribution in [0.25, 0.3) is 43.8 Å². The summed E-state index contributed by atoms with van der Waals surface area (Å²) < 4.78 is 0. The fourth-order valence-electron chi connectivity index (χ4n) is 5.57. The van der Waals surface area contributed by atoms with Gasteiger partial charge in [0.1, 0.15) is 0 Å². The summed E-state index contributed by atoms with van der Waals surface area (Å²) in [5.41, 5.74) is 10.9. The summed E-state index contributed by atoms with van der Waals surface area (Å²) in [4.78, 5) is 0. The first kappa shape index (κ1) is 43.8. The van der Waals surface area contributed by atoms with Gasteiger partial charge in [-0.25, -0.2) is 0 Å². The Bertz CT molecular complexity index is 1740. The van der Waals surface area contributed by atoms with Crippen LogP contribution in [0, 0.1) is 21.8 Å². The van der Waals surface area contributed by atoms with Gasteiger partial charge < -0.3 is 14.9 Å². The van der Waals surface area contributed by atoms with Crippen molar-refractivity contribution in [3.05, 3.63) is 146 Å². The van der Waals surface area contributed by atoms with Gasteiger partial charge in [0, 0.05) is 0 Å². The maximum absolute atomic E-state index is 3.06. The standard InChI is InChI=1S/C21H23.C19H19.2CH3.2ClH.Si.Zr/c1-14(2)16-8-10-17(11-9-16)20-7-5-6-18-12-19(15(3)4)13-21(18)20;1-13(2)15-7-9-16(10-8-15)18-6-4-5-17-11-14(3)12-19(17)18;;;;;;/h5-15H,1-4H3;4-13H,1-3H3;2*1H3;2*1H;;/q4*-1;;;;. The van der Waals surface area contributed by atoms with E-state index in [1.807, 2.05) is 0 Å². The van der Waals surface area contributed by atoms with E-state index < -0.39 is 0 Å². The molecule has 0 aliphatic heterocycles. The monoisotopic (exact) mass is 742 g/mol.